The van der Waals surface area contributed by atoms with E-state index in [0.717, 1.165) is 31.0 Å². The lowest BCUT2D eigenvalue weighted by molar-refractivity contribution is 0.0520. The number of nitrogens with zero attached hydrogens (tertiary/aromatic N) is 2. The van der Waals surface area contributed by atoms with E-state index in [1.54, 1.807) is 30.6 Å². The average Bonchev–Trinajstić information content (AvgIpc) is 2.73. The molecule has 28 heavy (non-hydrogen) atoms. The van der Waals surface area contributed by atoms with Crippen LogP contribution >= 0.6 is 23.2 Å². The third-order valence-electron chi connectivity index (χ3n) is 5.92. The van der Waals surface area contributed by atoms with Crippen molar-refractivity contribution in [2.75, 3.05) is 13.1 Å². The Morgan fingerprint density at radius 1 is 1.11 bits per heavy atom. The molecule has 1 amide bonds. The van der Waals surface area contributed by atoms with Gasteiger partial charge in [-0.15, -0.1) is 0 Å². The van der Waals surface area contributed by atoms with Crippen LogP contribution in [0, 0.1) is 11.8 Å². The van der Waals surface area contributed by atoms with Gasteiger partial charge in [-0.25, -0.2) is 0 Å². The zero-order valence-electron chi connectivity index (χ0n) is 15.7. The van der Waals surface area contributed by atoms with Crippen LogP contribution in [0.1, 0.15) is 48.0 Å². The molecule has 1 saturated carbocycles. The smallest absolute Gasteiger partial charge is 0.255 e. The lowest BCUT2D eigenvalue weighted by atomic mass is 9.75. The fourth-order valence-electron chi connectivity index (χ4n) is 4.43. The number of halogens is 2. The van der Waals surface area contributed by atoms with Gasteiger partial charge in [-0.3, -0.25) is 9.78 Å². The fourth-order valence-corrected chi connectivity index (χ4v) is 4.93. The van der Waals surface area contributed by atoms with Gasteiger partial charge in [0, 0.05) is 31.0 Å². The predicted octanol–water partition coefficient (Wildman–Crippen LogP) is 5.62. The summed E-state index contributed by atoms with van der Waals surface area (Å²) in [5.74, 6) is 1.97. The molecule has 0 N–H and O–H groups in total. The Kier molecular flexibility index (Phi) is 6.07. The number of carbonyl (C=O) groups excluding carboxylic acids is 1. The molecule has 2 fully saturated rings. The van der Waals surface area contributed by atoms with E-state index < -0.39 is 0 Å². The van der Waals surface area contributed by atoms with Crippen molar-refractivity contribution in [3.63, 3.8) is 0 Å². The third kappa shape index (κ3) is 4.28. The van der Waals surface area contributed by atoms with Crippen LogP contribution in [0.15, 0.2) is 36.7 Å². The van der Waals surface area contributed by atoms with Gasteiger partial charge in [0.15, 0.2) is 5.75 Å². The highest BCUT2D eigenvalue weighted by molar-refractivity contribution is 6.37. The quantitative estimate of drug-likeness (QED) is 0.646. The van der Waals surface area contributed by atoms with Gasteiger partial charge >= 0.3 is 0 Å². The van der Waals surface area contributed by atoms with Gasteiger partial charge in [-0.1, -0.05) is 48.5 Å². The maximum atomic E-state index is 13.0. The number of carbonyl (C=O) groups is 1. The Bertz CT molecular complexity index is 838. The Labute approximate surface area is 175 Å². The molecule has 2 atom stereocenters. The van der Waals surface area contributed by atoms with Crippen LogP contribution in [0.25, 0.3) is 0 Å². The fraction of sp³-hybridized carbons (Fsp3) is 0.455. The highest BCUT2D eigenvalue weighted by atomic mass is 35.5. The van der Waals surface area contributed by atoms with Crippen molar-refractivity contribution in [3.8, 4) is 5.75 Å². The van der Waals surface area contributed by atoms with Gasteiger partial charge in [-0.2, -0.15) is 0 Å². The number of pyridine rings is 1. The van der Waals surface area contributed by atoms with Crippen LogP contribution < -0.4 is 4.74 Å². The summed E-state index contributed by atoms with van der Waals surface area (Å²) < 4.78 is 5.78. The zero-order chi connectivity index (χ0) is 19.5. The molecule has 0 radical (unpaired) electrons. The first-order chi connectivity index (χ1) is 13.6. The average molecular weight is 419 g/mol. The summed E-state index contributed by atoms with van der Waals surface area (Å²) in [6, 6.07) is 7.09. The summed E-state index contributed by atoms with van der Waals surface area (Å²) in [6.07, 6.45) is 9.68. The van der Waals surface area contributed by atoms with Crippen molar-refractivity contribution < 1.29 is 9.53 Å². The van der Waals surface area contributed by atoms with Crippen molar-refractivity contribution in [1.29, 1.82) is 0 Å². The van der Waals surface area contributed by atoms with Crippen molar-refractivity contribution >= 4 is 29.1 Å². The molecule has 0 unspecified atom stereocenters. The third-order valence-corrected chi connectivity index (χ3v) is 6.52. The van der Waals surface area contributed by atoms with Gasteiger partial charge in [-0.05, 0) is 42.9 Å². The molecule has 0 bridgehead atoms. The number of amides is 1. The Balaban J connectivity index is 1.42. The van der Waals surface area contributed by atoms with Crippen LogP contribution in [0.3, 0.4) is 0 Å². The van der Waals surface area contributed by atoms with Crippen LogP contribution in [0.2, 0.25) is 10.0 Å². The van der Waals surface area contributed by atoms with Crippen LogP contribution in [0.5, 0.6) is 5.75 Å². The molecule has 4 rings (SSSR count). The van der Waals surface area contributed by atoms with Gasteiger partial charge in [0.2, 0.25) is 0 Å². The molecule has 1 aliphatic carbocycles. The molecule has 2 aromatic rings. The minimum absolute atomic E-state index is 0.0640. The van der Waals surface area contributed by atoms with Crippen LogP contribution in [-0.4, -0.2) is 28.9 Å². The first kappa shape index (κ1) is 19.5. The minimum Gasteiger partial charge on any atom is -0.486 e. The number of hydrogen-bond donors (Lipinski definition) is 0. The van der Waals surface area contributed by atoms with E-state index in [9.17, 15) is 4.79 Å². The number of para-hydroxylation sites is 1. The highest BCUT2D eigenvalue weighted by Crippen LogP contribution is 2.36. The molecule has 1 aliphatic heterocycles. The second kappa shape index (κ2) is 8.71. The molecule has 2 heterocycles. The predicted molar refractivity (Wildman–Crippen MR) is 111 cm³/mol. The van der Waals surface area contributed by atoms with Crippen molar-refractivity contribution in [2.24, 2.45) is 11.8 Å². The zero-order valence-corrected chi connectivity index (χ0v) is 17.3. The van der Waals surface area contributed by atoms with Gasteiger partial charge in [0.1, 0.15) is 6.61 Å². The largest absolute Gasteiger partial charge is 0.486 e. The number of aromatic nitrogens is 1. The van der Waals surface area contributed by atoms with Gasteiger partial charge in [0.25, 0.3) is 5.91 Å². The summed E-state index contributed by atoms with van der Waals surface area (Å²) >= 11 is 12.3. The van der Waals surface area contributed by atoms with Crippen LogP contribution in [-0.2, 0) is 6.61 Å². The van der Waals surface area contributed by atoms with Crippen molar-refractivity contribution in [2.45, 2.75) is 38.7 Å². The molecule has 6 heteroatoms. The lowest BCUT2D eigenvalue weighted by Crippen LogP contribution is -2.44. The standard InChI is InChI=1S/C22H24Cl2N2O2/c23-19-6-3-7-20(24)21(19)28-14-15-10-18(12-25-11-15)22(27)26-9-8-16-4-1-2-5-17(16)13-26/h3,6-7,10-12,16-17H,1-2,4-5,8-9,13-14H2/t16-,17-/m1/s1. The Hall–Kier alpha value is -1.78. The summed E-state index contributed by atoms with van der Waals surface area (Å²) in [7, 11) is 0. The summed E-state index contributed by atoms with van der Waals surface area (Å²) in [6.45, 7) is 1.97. The monoisotopic (exact) mass is 418 g/mol. The van der Waals surface area contributed by atoms with Crippen molar-refractivity contribution in [3.05, 3.63) is 57.8 Å². The second-order valence-electron chi connectivity index (χ2n) is 7.77. The lowest BCUT2D eigenvalue weighted by Gasteiger charge is -2.41. The van der Waals surface area contributed by atoms with E-state index in [2.05, 4.69) is 4.98 Å². The van der Waals surface area contributed by atoms with E-state index in [1.165, 1.54) is 25.7 Å². The number of benzene rings is 1. The van der Waals surface area contributed by atoms with E-state index >= 15 is 0 Å². The first-order valence-corrected chi connectivity index (χ1v) is 10.7. The molecule has 0 spiro atoms. The van der Waals surface area contributed by atoms with Gasteiger partial charge in [0.05, 0.1) is 15.6 Å². The van der Waals surface area contributed by atoms with Crippen LogP contribution in [0.4, 0.5) is 0 Å². The molecule has 1 aromatic carbocycles. The normalized spacial score (nSPS) is 21.9. The Morgan fingerprint density at radius 3 is 2.64 bits per heavy atom. The number of piperidine rings is 1. The number of hydrogen-bond acceptors (Lipinski definition) is 3. The molecule has 1 saturated heterocycles. The topological polar surface area (TPSA) is 42.4 Å². The van der Waals surface area contributed by atoms with E-state index in [4.69, 9.17) is 27.9 Å². The highest BCUT2D eigenvalue weighted by Gasteiger charge is 2.33. The SMILES string of the molecule is O=C(c1cncc(COc2c(Cl)cccc2Cl)c1)N1CC[C@H]2CCCC[C@@H]2C1. The molecule has 2 aliphatic rings. The molecular weight excluding hydrogens is 395 g/mol. The number of likely N-dealkylation sites (tertiary alicyclic amines) is 1. The number of rotatable bonds is 4. The maximum Gasteiger partial charge on any atom is 0.255 e. The maximum absolute atomic E-state index is 13.0. The second-order valence-corrected chi connectivity index (χ2v) is 8.58. The number of ether oxygens (including phenoxy) is 1. The van der Waals surface area contributed by atoms with E-state index in [0.29, 0.717) is 27.3 Å². The summed E-state index contributed by atoms with van der Waals surface area (Å²) in [5.41, 5.74) is 1.43. The minimum atomic E-state index is 0.0640. The van der Waals surface area contributed by atoms with E-state index in [1.807, 2.05) is 11.0 Å². The molecule has 1 aromatic heterocycles. The molecule has 4 nitrogen and oxygen atoms in total. The summed E-state index contributed by atoms with van der Waals surface area (Å²) in [4.78, 5) is 19.3. The molecule has 148 valence electrons. The molecular formula is C22H24Cl2N2O2. The first-order valence-electron chi connectivity index (χ1n) is 9.92. The van der Waals surface area contributed by atoms with Gasteiger partial charge < -0.3 is 9.64 Å². The summed E-state index contributed by atoms with van der Waals surface area (Å²) in [5, 5.41) is 0.922. The number of fused-ring (bicyclic) bond motifs is 1. The van der Waals surface area contributed by atoms with Crippen molar-refractivity contribution in [1.82, 2.24) is 9.88 Å². The Morgan fingerprint density at radius 2 is 1.86 bits per heavy atom. The van der Waals surface area contributed by atoms with E-state index in [-0.39, 0.29) is 12.5 Å².